The molecule has 1 fully saturated rings. The van der Waals surface area contributed by atoms with Gasteiger partial charge in [-0.15, -0.1) is 21.8 Å². The van der Waals surface area contributed by atoms with Gasteiger partial charge in [0.25, 0.3) is 11.8 Å². The Hall–Kier alpha value is -2.87. The number of rotatable bonds is 5. The Kier molecular flexibility index (Phi) is 8.42. The molecule has 0 radical (unpaired) electrons. The van der Waals surface area contributed by atoms with Crippen molar-refractivity contribution in [1.82, 2.24) is 10.2 Å². The maximum atomic E-state index is 13.9. The molecular formula is C22H23ClF5N5O3S. The van der Waals surface area contributed by atoms with E-state index in [1.165, 1.54) is 35.4 Å². The first kappa shape index (κ1) is 28.7. The Morgan fingerprint density at radius 1 is 1.22 bits per heavy atom. The molecule has 1 saturated heterocycles. The smallest absolute Gasteiger partial charge is 0.354 e. The predicted octanol–water partition coefficient (Wildman–Crippen LogP) is 4.90. The Morgan fingerprint density at radius 3 is 2.57 bits per heavy atom. The largest absolute Gasteiger partial charge is 0.435 e. The number of hydrogen-bond donors (Lipinski definition) is 1. The molecule has 1 atom stereocenters. The third-order valence-electron chi connectivity index (χ3n) is 5.63. The van der Waals surface area contributed by atoms with E-state index in [9.17, 15) is 35.8 Å². The van der Waals surface area contributed by atoms with E-state index in [2.05, 4.69) is 19.9 Å². The number of anilines is 2. The lowest BCUT2D eigenvalue weighted by Crippen LogP contribution is -2.31. The average Bonchev–Trinajstić information content (AvgIpc) is 2.98. The van der Waals surface area contributed by atoms with Crippen molar-refractivity contribution in [3.8, 4) is 0 Å². The molecule has 1 aromatic heterocycles. The van der Waals surface area contributed by atoms with Crippen LogP contribution in [-0.4, -0.2) is 57.4 Å². The maximum Gasteiger partial charge on any atom is 0.435 e. The minimum Gasteiger partial charge on any atom is -0.354 e. The van der Waals surface area contributed by atoms with Crippen LogP contribution in [0.2, 0.25) is 0 Å². The van der Waals surface area contributed by atoms with Gasteiger partial charge in [-0.1, -0.05) is 6.07 Å². The zero-order valence-corrected chi connectivity index (χ0v) is 21.3. The first-order chi connectivity index (χ1) is 17.1. The second-order valence-corrected chi connectivity index (χ2v) is 11.0. The zero-order chi connectivity index (χ0) is 27.6. The van der Waals surface area contributed by atoms with Crippen molar-refractivity contribution < 1.29 is 35.8 Å². The van der Waals surface area contributed by atoms with Gasteiger partial charge in [-0.3, -0.25) is 9.59 Å². The highest BCUT2D eigenvalue weighted by molar-refractivity contribution is 7.93. The van der Waals surface area contributed by atoms with Gasteiger partial charge < -0.3 is 10.2 Å². The van der Waals surface area contributed by atoms with E-state index in [1.807, 2.05) is 0 Å². The maximum absolute atomic E-state index is 13.9. The number of nitrogens with one attached hydrogen (secondary N) is 1. The number of carbonyl (C=O) groups excluding carboxylic acids is 2. The summed E-state index contributed by atoms with van der Waals surface area (Å²) >= 11 is 5.42. The van der Waals surface area contributed by atoms with Crippen LogP contribution in [0, 0.1) is 6.92 Å². The number of alkyl halides is 6. The molecule has 2 heterocycles. The van der Waals surface area contributed by atoms with Crippen molar-refractivity contribution in [3.63, 3.8) is 0 Å². The molecule has 1 N–H and O–H groups in total. The van der Waals surface area contributed by atoms with Gasteiger partial charge in [0.15, 0.2) is 11.5 Å². The third-order valence-corrected chi connectivity index (χ3v) is 7.54. The van der Waals surface area contributed by atoms with Gasteiger partial charge in [-0.25, -0.2) is 13.0 Å². The zero-order valence-electron chi connectivity index (χ0n) is 19.7. The van der Waals surface area contributed by atoms with Crippen LogP contribution in [0.5, 0.6) is 0 Å². The molecule has 37 heavy (non-hydrogen) atoms. The fourth-order valence-electron chi connectivity index (χ4n) is 3.82. The van der Waals surface area contributed by atoms with E-state index in [1.54, 1.807) is 0 Å². The molecule has 0 saturated carbocycles. The summed E-state index contributed by atoms with van der Waals surface area (Å²) in [6, 6.07) is 5.45. The summed E-state index contributed by atoms with van der Waals surface area (Å²) in [7, 11) is -3.23. The molecule has 1 unspecified atom stereocenters. The number of benzene rings is 1. The SMILES string of the molecule is Cc1c(C(F)(F)F)nnc(N2CCCC(F)(F)CC2)c1C(=O)Nc1cccc(S(C)(=O)=NC(=O)CCl)c1. The standard InChI is InChI=1S/C22H23ClF5N5O3S/c1-13-17(20(35)29-14-5-3-6-15(11-14)37(2,36)32-16(34)12-23)19(31-30-18(13)22(26,27)28)33-9-4-7-21(24,25)8-10-33/h3,5-6,11H,4,7-10,12H2,1-2H3,(H,29,35). The van der Waals surface area contributed by atoms with Crippen LogP contribution in [-0.2, 0) is 20.7 Å². The topological polar surface area (TPSA) is 105 Å². The van der Waals surface area contributed by atoms with Crippen LogP contribution >= 0.6 is 11.6 Å². The molecule has 3 rings (SSSR count). The molecule has 2 amide bonds. The monoisotopic (exact) mass is 567 g/mol. The summed E-state index contributed by atoms with van der Waals surface area (Å²) in [5.74, 6) is -5.50. The van der Waals surface area contributed by atoms with Crippen LogP contribution in [0.3, 0.4) is 0 Å². The van der Waals surface area contributed by atoms with Gasteiger partial charge >= 0.3 is 6.18 Å². The van der Waals surface area contributed by atoms with Crippen molar-refractivity contribution in [2.45, 2.75) is 43.2 Å². The molecule has 1 aliphatic rings. The molecule has 2 aromatic rings. The minimum absolute atomic E-state index is 0.0350. The summed E-state index contributed by atoms with van der Waals surface area (Å²) in [6.45, 7) is 0.851. The molecular weight excluding hydrogens is 545 g/mol. The molecule has 202 valence electrons. The molecule has 15 heteroatoms. The summed E-state index contributed by atoms with van der Waals surface area (Å²) in [4.78, 5) is 26.2. The van der Waals surface area contributed by atoms with Crippen molar-refractivity contribution >= 4 is 44.6 Å². The van der Waals surface area contributed by atoms with Gasteiger partial charge in [-0.05, 0) is 37.1 Å². The Bertz CT molecular complexity index is 1330. The van der Waals surface area contributed by atoms with E-state index >= 15 is 0 Å². The first-order valence-electron chi connectivity index (χ1n) is 10.9. The minimum atomic E-state index is -4.92. The van der Waals surface area contributed by atoms with Crippen molar-refractivity contribution in [2.75, 3.05) is 35.4 Å². The van der Waals surface area contributed by atoms with Crippen LogP contribution in [0.25, 0.3) is 0 Å². The van der Waals surface area contributed by atoms with Crippen molar-refractivity contribution in [2.24, 2.45) is 4.36 Å². The van der Waals surface area contributed by atoms with Crippen molar-refractivity contribution in [1.29, 1.82) is 0 Å². The van der Waals surface area contributed by atoms with E-state index in [0.717, 1.165) is 6.92 Å². The second-order valence-electron chi connectivity index (χ2n) is 8.47. The lowest BCUT2D eigenvalue weighted by atomic mass is 10.1. The second kappa shape index (κ2) is 10.9. The number of hydrogen-bond acceptors (Lipinski definition) is 6. The highest BCUT2D eigenvalue weighted by atomic mass is 35.5. The van der Waals surface area contributed by atoms with E-state index in [-0.39, 0.29) is 35.9 Å². The lowest BCUT2D eigenvalue weighted by Gasteiger charge is -2.25. The van der Waals surface area contributed by atoms with Gasteiger partial charge in [0.05, 0.1) is 15.3 Å². The van der Waals surface area contributed by atoms with Crippen molar-refractivity contribution in [3.05, 3.63) is 41.1 Å². The van der Waals surface area contributed by atoms with Crippen LogP contribution < -0.4 is 10.2 Å². The fraction of sp³-hybridized carbons (Fsp3) is 0.455. The quantitative estimate of drug-likeness (QED) is 0.407. The Labute approximate surface area is 214 Å². The van der Waals surface area contributed by atoms with E-state index in [4.69, 9.17) is 11.6 Å². The third kappa shape index (κ3) is 6.92. The van der Waals surface area contributed by atoms with Crippen LogP contribution in [0.1, 0.15) is 40.9 Å². The van der Waals surface area contributed by atoms with Gasteiger partial charge in [0.1, 0.15) is 5.88 Å². The summed E-state index contributed by atoms with van der Waals surface area (Å²) in [5.41, 5.74) is -2.34. The summed E-state index contributed by atoms with van der Waals surface area (Å²) in [6.07, 6.45) is -4.66. The summed E-state index contributed by atoms with van der Waals surface area (Å²) < 4.78 is 84.8. The average molecular weight is 568 g/mol. The van der Waals surface area contributed by atoms with Gasteiger partial charge in [0.2, 0.25) is 5.92 Å². The predicted molar refractivity (Wildman–Crippen MR) is 128 cm³/mol. The number of halogens is 6. The normalized spacial score (nSPS) is 17.5. The van der Waals surface area contributed by atoms with E-state index < -0.39 is 69.2 Å². The van der Waals surface area contributed by atoms with Gasteiger partial charge in [0, 0.05) is 42.8 Å². The Morgan fingerprint density at radius 2 is 1.92 bits per heavy atom. The first-order valence-corrected chi connectivity index (χ1v) is 13.4. The highest BCUT2D eigenvalue weighted by Gasteiger charge is 2.39. The molecule has 0 bridgehead atoms. The molecule has 0 spiro atoms. The number of amides is 2. The van der Waals surface area contributed by atoms with Crippen LogP contribution in [0.4, 0.5) is 33.5 Å². The molecule has 8 nitrogen and oxygen atoms in total. The Balaban J connectivity index is 2.04. The number of aromatic nitrogens is 2. The molecule has 0 aliphatic carbocycles. The van der Waals surface area contributed by atoms with Crippen LogP contribution in [0.15, 0.2) is 33.5 Å². The molecule has 1 aliphatic heterocycles. The lowest BCUT2D eigenvalue weighted by molar-refractivity contribution is -0.142. The molecule has 1 aromatic carbocycles. The highest BCUT2D eigenvalue weighted by Crippen LogP contribution is 2.36. The number of carbonyl (C=O) groups is 2. The van der Waals surface area contributed by atoms with E-state index in [0.29, 0.717) is 0 Å². The van der Waals surface area contributed by atoms with Gasteiger partial charge in [-0.2, -0.15) is 17.5 Å². The number of nitrogens with zero attached hydrogens (tertiary/aromatic N) is 4. The summed E-state index contributed by atoms with van der Waals surface area (Å²) in [5, 5.41) is 9.31. The fourth-order valence-corrected chi connectivity index (χ4v) is 5.19.